The van der Waals surface area contributed by atoms with Crippen molar-refractivity contribution in [3.63, 3.8) is 0 Å². The minimum atomic E-state index is -3.70. The Morgan fingerprint density at radius 2 is 1.66 bits per heavy atom. The van der Waals surface area contributed by atoms with Gasteiger partial charge in [-0.3, -0.25) is 4.79 Å². The topological polar surface area (TPSA) is 69.7 Å². The summed E-state index contributed by atoms with van der Waals surface area (Å²) in [5, 5.41) is 3.51. The van der Waals surface area contributed by atoms with E-state index in [0.717, 1.165) is 50.9 Å². The maximum atomic E-state index is 13.7. The van der Waals surface area contributed by atoms with Crippen molar-refractivity contribution < 1.29 is 13.2 Å². The number of likely N-dealkylation sites (tertiary alicyclic amines) is 1. The van der Waals surface area contributed by atoms with E-state index in [-0.39, 0.29) is 29.3 Å². The molecule has 190 valence electrons. The lowest BCUT2D eigenvalue weighted by Gasteiger charge is -2.37. The first kappa shape index (κ1) is 26.1. The molecule has 2 aromatic carbocycles. The summed E-state index contributed by atoms with van der Waals surface area (Å²) in [6.45, 7) is 6.15. The van der Waals surface area contributed by atoms with E-state index in [4.69, 9.17) is 11.6 Å². The van der Waals surface area contributed by atoms with Crippen molar-refractivity contribution in [2.75, 3.05) is 26.2 Å². The van der Waals surface area contributed by atoms with Gasteiger partial charge >= 0.3 is 0 Å². The summed E-state index contributed by atoms with van der Waals surface area (Å²) in [7, 11) is -3.70. The third-order valence-corrected chi connectivity index (χ3v) is 9.46. The molecule has 2 unspecified atom stereocenters. The van der Waals surface area contributed by atoms with Crippen LogP contribution in [0.1, 0.15) is 61.4 Å². The second-order valence-corrected chi connectivity index (χ2v) is 12.2. The van der Waals surface area contributed by atoms with Gasteiger partial charge in [-0.15, -0.1) is 0 Å². The zero-order chi connectivity index (χ0) is 24.8. The van der Waals surface area contributed by atoms with E-state index in [2.05, 4.69) is 17.1 Å². The molecule has 0 radical (unpaired) electrons. The minimum absolute atomic E-state index is 0.0574. The van der Waals surface area contributed by atoms with E-state index in [0.29, 0.717) is 17.1 Å². The van der Waals surface area contributed by atoms with Crippen LogP contribution in [0, 0.1) is 5.92 Å². The summed E-state index contributed by atoms with van der Waals surface area (Å²) in [6.07, 6.45) is 6.51. The molecule has 8 heteroatoms. The highest BCUT2D eigenvalue weighted by molar-refractivity contribution is 7.89. The zero-order valence-corrected chi connectivity index (χ0v) is 22.0. The largest absolute Gasteiger partial charge is 0.351 e. The molecule has 2 aliphatic rings. The Bertz CT molecular complexity index is 1080. The quantitative estimate of drug-likeness (QED) is 0.511. The third-order valence-electron chi connectivity index (χ3n) is 7.32. The number of benzene rings is 2. The van der Waals surface area contributed by atoms with E-state index in [1.54, 1.807) is 40.7 Å². The smallest absolute Gasteiger partial charge is 0.251 e. The van der Waals surface area contributed by atoms with Crippen molar-refractivity contribution in [2.24, 2.45) is 5.92 Å². The van der Waals surface area contributed by atoms with Gasteiger partial charge in [-0.2, -0.15) is 4.31 Å². The van der Waals surface area contributed by atoms with Crippen molar-refractivity contribution in [1.82, 2.24) is 14.5 Å². The van der Waals surface area contributed by atoms with Crippen LogP contribution < -0.4 is 5.32 Å². The summed E-state index contributed by atoms with van der Waals surface area (Å²) in [4.78, 5) is 15.2. The molecule has 1 heterocycles. The van der Waals surface area contributed by atoms with Gasteiger partial charge in [0.15, 0.2) is 0 Å². The molecule has 1 saturated carbocycles. The molecule has 1 aliphatic heterocycles. The molecule has 35 heavy (non-hydrogen) atoms. The first-order valence-electron chi connectivity index (χ1n) is 12.7. The van der Waals surface area contributed by atoms with Gasteiger partial charge < -0.3 is 10.2 Å². The fourth-order valence-electron chi connectivity index (χ4n) is 5.22. The Hall–Kier alpha value is -1.93. The van der Waals surface area contributed by atoms with Crippen LogP contribution in [0.2, 0.25) is 5.02 Å². The van der Waals surface area contributed by atoms with Gasteiger partial charge in [-0.25, -0.2) is 8.42 Å². The molecule has 2 aromatic rings. The Balaban J connectivity index is 1.47. The van der Waals surface area contributed by atoms with E-state index < -0.39 is 10.0 Å². The first-order valence-corrected chi connectivity index (χ1v) is 14.5. The number of hydrogen-bond acceptors (Lipinski definition) is 4. The number of carbonyl (C=O) groups excluding carboxylic acids is 1. The van der Waals surface area contributed by atoms with Crippen LogP contribution >= 0.6 is 11.6 Å². The lowest BCUT2D eigenvalue weighted by atomic mass is 9.86. The van der Waals surface area contributed by atoms with E-state index in [9.17, 15) is 13.2 Å². The molecule has 2 fully saturated rings. The minimum Gasteiger partial charge on any atom is -0.351 e. The molecular formula is C27H36ClN3O3S. The second-order valence-electron chi connectivity index (χ2n) is 9.83. The predicted octanol–water partition coefficient (Wildman–Crippen LogP) is 4.94. The normalized spacial score (nSPS) is 21.3. The number of hydrogen-bond donors (Lipinski definition) is 1. The number of sulfonamides is 1. The lowest BCUT2D eigenvalue weighted by Crippen LogP contribution is -2.44. The summed E-state index contributed by atoms with van der Waals surface area (Å²) in [5.41, 5.74) is 1.46. The highest BCUT2D eigenvalue weighted by Gasteiger charge is 2.36. The van der Waals surface area contributed by atoms with Crippen LogP contribution in [-0.2, 0) is 16.6 Å². The molecular weight excluding hydrogens is 482 g/mol. The van der Waals surface area contributed by atoms with Gasteiger partial charge in [0.25, 0.3) is 5.91 Å². The first-order chi connectivity index (χ1) is 16.8. The van der Waals surface area contributed by atoms with Crippen molar-refractivity contribution in [3.8, 4) is 0 Å². The number of nitrogens with one attached hydrogen (secondary N) is 1. The predicted molar refractivity (Wildman–Crippen MR) is 140 cm³/mol. The number of amides is 1. The highest BCUT2D eigenvalue weighted by Crippen LogP contribution is 2.33. The van der Waals surface area contributed by atoms with Gasteiger partial charge in [-0.1, -0.05) is 43.5 Å². The maximum absolute atomic E-state index is 13.7. The molecule has 1 aliphatic carbocycles. The molecule has 2 atom stereocenters. The van der Waals surface area contributed by atoms with Gasteiger partial charge in [0.2, 0.25) is 10.0 Å². The summed E-state index contributed by atoms with van der Waals surface area (Å²) >= 11 is 6.00. The summed E-state index contributed by atoms with van der Waals surface area (Å²) < 4.78 is 29.1. The van der Waals surface area contributed by atoms with Gasteiger partial charge in [0, 0.05) is 36.3 Å². The van der Waals surface area contributed by atoms with Crippen LogP contribution in [0.15, 0.2) is 53.4 Å². The molecule has 4 rings (SSSR count). The molecule has 6 nitrogen and oxygen atoms in total. The van der Waals surface area contributed by atoms with Crippen molar-refractivity contribution in [2.45, 2.75) is 62.9 Å². The molecule has 1 amide bonds. The monoisotopic (exact) mass is 517 g/mol. The Labute approximate surface area is 214 Å². The van der Waals surface area contributed by atoms with Gasteiger partial charge in [0.1, 0.15) is 0 Å². The zero-order valence-electron chi connectivity index (χ0n) is 20.5. The van der Waals surface area contributed by atoms with Crippen molar-refractivity contribution in [3.05, 3.63) is 64.7 Å². The number of carbonyl (C=O) groups is 1. The third kappa shape index (κ3) is 6.64. The van der Waals surface area contributed by atoms with Gasteiger partial charge in [-0.05, 0) is 86.7 Å². The highest BCUT2D eigenvalue weighted by atomic mass is 35.5. The molecule has 0 aromatic heterocycles. The van der Waals surface area contributed by atoms with Crippen LogP contribution in [0.5, 0.6) is 0 Å². The molecule has 0 bridgehead atoms. The van der Waals surface area contributed by atoms with Crippen LogP contribution in [0.4, 0.5) is 0 Å². The van der Waals surface area contributed by atoms with E-state index in [1.165, 1.54) is 12.8 Å². The number of rotatable bonds is 9. The fourth-order valence-corrected chi connectivity index (χ4v) is 7.09. The van der Waals surface area contributed by atoms with E-state index in [1.807, 2.05) is 12.1 Å². The van der Waals surface area contributed by atoms with Crippen molar-refractivity contribution in [1.29, 1.82) is 0 Å². The molecule has 1 N–H and O–H groups in total. The van der Waals surface area contributed by atoms with Crippen molar-refractivity contribution >= 4 is 27.5 Å². The lowest BCUT2D eigenvalue weighted by molar-refractivity contribution is 0.0949. The number of halogens is 1. The van der Waals surface area contributed by atoms with Crippen LogP contribution in [0.25, 0.3) is 0 Å². The van der Waals surface area contributed by atoms with E-state index >= 15 is 0 Å². The van der Waals surface area contributed by atoms with Crippen LogP contribution in [0.3, 0.4) is 0 Å². The average molecular weight is 518 g/mol. The standard InChI is InChI=1S/C27H36ClN3O3S/c1-21-6-2-3-7-26(21)31(35(33,34)25-14-12-24(28)13-15-25)20-22-8-10-23(11-9-22)27(32)29-16-19-30-17-4-5-18-30/h8-15,21,26H,2-7,16-20H2,1H3,(H,29,32). The van der Waals surface area contributed by atoms with Gasteiger partial charge in [0.05, 0.1) is 4.90 Å². The average Bonchev–Trinajstić information content (AvgIpc) is 3.37. The SMILES string of the molecule is CC1CCCCC1N(Cc1ccc(C(=O)NCCN2CCCC2)cc1)S(=O)(=O)c1ccc(Cl)cc1. The maximum Gasteiger partial charge on any atom is 0.251 e. The number of nitrogens with zero attached hydrogens (tertiary/aromatic N) is 2. The molecule has 1 saturated heterocycles. The summed E-state index contributed by atoms with van der Waals surface area (Å²) in [6, 6.07) is 13.7. The van der Waals surface area contributed by atoms with Crippen LogP contribution in [-0.4, -0.2) is 55.8 Å². The Morgan fingerprint density at radius 1 is 1.00 bits per heavy atom. The fraction of sp³-hybridized carbons (Fsp3) is 0.519. The molecule has 0 spiro atoms. The second kappa shape index (κ2) is 11.9. The Kier molecular flexibility index (Phi) is 8.87. The Morgan fingerprint density at radius 3 is 2.31 bits per heavy atom. The summed E-state index contributed by atoms with van der Waals surface area (Å²) in [5.74, 6) is 0.189.